The number of rotatable bonds is 5. The third-order valence-electron chi connectivity index (χ3n) is 5.89. The molecule has 0 saturated carbocycles. The van der Waals surface area contributed by atoms with E-state index in [1.807, 2.05) is 12.1 Å². The summed E-state index contributed by atoms with van der Waals surface area (Å²) in [4.78, 5) is 31.7. The topological polar surface area (TPSA) is 87.5 Å². The molecule has 4 aromatic rings. The summed E-state index contributed by atoms with van der Waals surface area (Å²) in [5.74, 6) is -0.343. The number of anilines is 3. The molecule has 7 heteroatoms. The number of hydrogen-bond acceptors (Lipinski definition) is 5. The Morgan fingerprint density at radius 3 is 2.42 bits per heavy atom. The lowest BCUT2D eigenvalue weighted by Gasteiger charge is -2.30. The van der Waals surface area contributed by atoms with Crippen molar-refractivity contribution < 1.29 is 14.0 Å². The smallest absolute Gasteiger partial charge is 0.291 e. The van der Waals surface area contributed by atoms with Gasteiger partial charge in [0.25, 0.3) is 11.8 Å². The van der Waals surface area contributed by atoms with Gasteiger partial charge >= 0.3 is 0 Å². The first-order valence-corrected chi connectivity index (χ1v) is 11.1. The maximum Gasteiger partial charge on any atom is 0.291 e. The predicted molar refractivity (Wildman–Crippen MR) is 129 cm³/mol. The fraction of sp³-hybridized carbons (Fsp3) is 0.192. The molecule has 0 bridgehead atoms. The number of furan rings is 1. The zero-order chi connectivity index (χ0) is 22.6. The van der Waals surface area contributed by atoms with Crippen molar-refractivity contribution in [2.24, 2.45) is 0 Å². The molecule has 2 amide bonds. The lowest BCUT2D eigenvalue weighted by molar-refractivity contribution is 0.0995. The molecule has 1 fully saturated rings. The van der Waals surface area contributed by atoms with Crippen LogP contribution in [0.2, 0.25) is 0 Å². The number of piperidine rings is 1. The van der Waals surface area contributed by atoms with E-state index in [0.717, 1.165) is 29.5 Å². The first-order chi connectivity index (χ1) is 16.2. The van der Waals surface area contributed by atoms with Crippen molar-refractivity contribution in [1.82, 2.24) is 4.98 Å². The van der Waals surface area contributed by atoms with Crippen molar-refractivity contribution in [3.8, 4) is 0 Å². The second-order valence-electron chi connectivity index (χ2n) is 8.06. The number of carbonyl (C=O) groups excluding carboxylic acids is 2. The van der Waals surface area contributed by atoms with Gasteiger partial charge in [0, 0.05) is 53.2 Å². The second kappa shape index (κ2) is 9.16. The molecule has 3 heterocycles. The van der Waals surface area contributed by atoms with Crippen LogP contribution in [0.25, 0.3) is 10.8 Å². The van der Waals surface area contributed by atoms with Gasteiger partial charge in [-0.25, -0.2) is 0 Å². The Bertz CT molecular complexity index is 1280. The minimum absolute atomic E-state index is 0.227. The number of carbonyl (C=O) groups is 2. The van der Waals surface area contributed by atoms with E-state index in [2.05, 4.69) is 26.6 Å². The van der Waals surface area contributed by atoms with Crippen LogP contribution in [0.5, 0.6) is 0 Å². The van der Waals surface area contributed by atoms with Crippen molar-refractivity contribution in [2.45, 2.75) is 19.3 Å². The largest absolute Gasteiger partial charge is 0.459 e. The van der Waals surface area contributed by atoms with Crippen LogP contribution in [0.1, 0.15) is 40.2 Å². The van der Waals surface area contributed by atoms with Gasteiger partial charge in [-0.1, -0.05) is 0 Å². The second-order valence-corrected chi connectivity index (χ2v) is 8.06. The van der Waals surface area contributed by atoms with E-state index in [1.54, 1.807) is 48.8 Å². The summed E-state index contributed by atoms with van der Waals surface area (Å²) in [5, 5.41) is 7.76. The number of nitrogens with one attached hydrogen (secondary N) is 2. The summed E-state index contributed by atoms with van der Waals surface area (Å²) in [6, 6.07) is 16.0. The Morgan fingerprint density at radius 1 is 0.848 bits per heavy atom. The number of benzene rings is 2. The molecule has 0 aliphatic carbocycles. The quantitative estimate of drug-likeness (QED) is 0.438. The van der Waals surface area contributed by atoms with E-state index >= 15 is 0 Å². The van der Waals surface area contributed by atoms with Crippen LogP contribution in [-0.2, 0) is 0 Å². The third-order valence-corrected chi connectivity index (χ3v) is 5.89. The van der Waals surface area contributed by atoms with Gasteiger partial charge < -0.3 is 20.0 Å². The number of fused-ring (bicyclic) bond motifs is 1. The van der Waals surface area contributed by atoms with Gasteiger partial charge in [0.1, 0.15) is 0 Å². The Kier molecular flexibility index (Phi) is 5.76. The van der Waals surface area contributed by atoms with Crippen LogP contribution in [-0.4, -0.2) is 29.9 Å². The van der Waals surface area contributed by atoms with E-state index in [1.165, 1.54) is 31.2 Å². The molecule has 2 aromatic carbocycles. The Labute approximate surface area is 191 Å². The molecular formula is C26H24N4O3. The van der Waals surface area contributed by atoms with E-state index in [0.29, 0.717) is 11.3 Å². The molecular weight excluding hydrogens is 416 g/mol. The summed E-state index contributed by atoms with van der Waals surface area (Å²) in [6.45, 7) is 2.10. The molecule has 166 valence electrons. The minimum atomic E-state index is -0.343. The molecule has 0 unspecified atom stereocenters. The molecule has 0 atom stereocenters. The Balaban J connectivity index is 1.33. The highest BCUT2D eigenvalue weighted by Crippen LogP contribution is 2.33. The van der Waals surface area contributed by atoms with Gasteiger partial charge in [-0.2, -0.15) is 0 Å². The number of nitrogens with zero attached hydrogens (tertiary/aromatic N) is 2. The SMILES string of the molecule is O=C(Nc1ccc(N2CCCCC2)c2ccncc12)c1ccc(NC(=O)c2ccco2)cc1. The minimum Gasteiger partial charge on any atom is -0.459 e. The molecule has 0 radical (unpaired) electrons. The van der Waals surface area contributed by atoms with Crippen LogP contribution >= 0.6 is 0 Å². The summed E-state index contributed by atoms with van der Waals surface area (Å²) >= 11 is 0. The molecule has 0 spiro atoms. The summed E-state index contributed by atoms with van der Waals surface area (Å²) in [5.41, 5.74) is 2.97. The summed E-state index contributed by atoms with van der Waals surface area (Å²) in [6.07, 6.45) is 8.70. The van der Waals surface area contributed by atoms with Gasteiger partial charge in [0.15, 0.2) is 5.76 Å². The van der Waals surface area contributed by atoms with Crippen molar-refractivity contribution in [2.75, 3.05) is 28.6 Å². The molecule has 2 aromatic heterocycles. The highest BCUT2D eigenvalue weighted by molar-refractivity contribution is 6.11. The van der Waals surface area contributed by atoms with E-state index in [-0.39, 0.29) is 17.6 Å². The van der Waals surface area contributed by atoms with Crippen molar-refractivity contribution in [3.63, 3.8) is 0 Å². The van der Waals surface area contributed by atoms with Gasteiger partial charge in [-0.3, -0.25) is 14.6 Å². The standard InChI is InChI=1S/C26H24N4O3/c31-25(18-6-8-19(9-7-18)28-26(32)24-5-4-16-33-24)29-22-10-11-23(30-14-2-1-3-15-30)20-12-13-27-17-21(20)22/h4-13,16-17H,1-3,14-15H2,(H,28,32)(H,29,31). The molecule has 1 aliphatic heterocycles. The zero-order valence-electron chi connectivity index (χ0n) is 18.1. The maximum absolute atomic E-state index is 12.9. The predicted octanol–water partition coefficient (Wildman–Crippen LogP) is 5.32. The molecule has 1 saturated heterocycles. The van der Waals surface area contributed by atoms with Crippen LogP contribution in [0.15, 0.2) is 77.7 Å². The lowest BCUT2D eigenvalue weighted by Crippen LogP contribution is -2.29. The fourth-order valence-corrected chi connectivity index (χ4v) is 4.19. The summed E-state index contributed by atoms with van der Waals surface area (Å²) in [7, 11) is 0. The maximum atomic E-state index is 12.9. The van der Waals surface area contributed by atoms with E-state index in [4.69, 9.17) is 4.42 Å². The van der Waals surface area contributed by atoms with Gasteiger partial charge in [0.2, 0.25) is 0 Å². The number of pyridine rings is 1. The Morgan fingerprint density at radius 2 is 1.67 bits per heavy atom. The van der Waals surface area contributed by atoms with Crippen molar-refractivity contribution >= 4 is 39.6 Å². The molecule has 7 nitrogen and oxygen atoms in total. The summed E-state index contributed by atoms with van der Waals surface area (Å²) < 4.78 is 5.09. The molecule has 1 aliphatic rings. The first-order valence-electron chi connectivity index (χ1n) is 11.1. The van der Waals surface area contributed by atoms with Crippen molar-refractivity contribution in [1.29, 1.82) is 0 Å². The highest BCUT2D eigenvalue weighted by Gasteiger charge is 2.16. The normalized spacial score (nSPS) is 13.6. The van der Waals surface area contributed by atoms with Crippen LogP contribution in [0, 0.1) is 0 Å². The van der Waals surface area contributed by atoms with Gasteiger partial charge in [0.05, 0.1) is 12.0 Å². The first kappa shape index (κ1) is 20.8. The zero-order valence-corrected chi connectivity index (χ0v) is 18.1. The van der Waals surface area contributed by atoms with E-state index in [9.17, 15) is 9.59 Å². The average molecular weight is 441 g/mol. The molecule has 33 heavy (non-hydrogen) atoms. The molecule has 5 rings (SSSR count). The number of amides is 2. The van der Waals surface area contributed by atoms with Crippen molar-refractivity contribution in [3.05, 3.63) is 84.6 Å². The average Bonchev–Trinajstić information content (AvgIpc) is 3.41. The highest BCUT2D eigenvalue weighted by atomic mass is 16.3. The van der Waals surface area contributed by atoms with Crippen LogP contribution in [0.3, 0.4) is 0 Å². The lowest BCUT2D eigenvalue weighted by atomic mass is 10.0. The number of aromatic nitrogens is 1. The van der Waals surface area contributed by atoms with Crippen LogP contribution < -0.4 is 15.5 Å². The number of hydrogen-bond donors (Lipinski definition) is 2. The van der Waals surface area contributed by atoms with E-state index < -0.39 is 0 Å². The Hall–Kier alpha value is -4.13. The monoisotopic (exact) mass is 440 g/mol. The fourth-order valence-electron chi connectivity index (χ4n) is 4.19. The van der Waals surface area contributed by atoms with Gasteiger partial charge in [-0.15, -0.1) is 0 Å². The van der Waals surface area contributed by atoms with Gasteiger partial charge in [-0.05, 0) is 73.9 Å². The third kappa shape index (κ3) is 4.43. The van der Waals surface area contributed by atoms with Crippen LogP contribution in [0.4, 0.5) is 17.1 Å². The molecule has 2 N–H and O–H groups in total.